The molecule has 2 heterocycles. The highest BCUT2D eigenvalue weighted by Gasteiger charge is 2.36. The Hall–Kier alpha value is -5.57. The number of aryl methyl sites for hydroxylation is 1. The van der Waals surface area contributed by atoms with E-state index in [2.05, 4.69) is 43.3 Å². The zero-order valence-electron chi connectivity index (χ0n) is 32.3. The summed E-state index contributed by atoms with van der Waals surface area (Å²) in [6.07, 6.45) is 0.726. The molecule has 6 aromatic carbocycles. The number of aliphatic carboxylic acids is 1. The number of anilines is 2. The number of carbonyl (C=O) groups is 3. The Labute approximate surface area is 347 Å². The maximum atomic E-state index is 14.0. The third kappa shape index (κ3) is 7.96. The monoisotopic (exact) mass is 814 g/mol. The minimum Gasteiger partial charge on any atom is -0.488 e. The lowest BCUT2D eigenvalue weighted by atomic mass is 9.95. The number of carboxylic acids is 1. The van der Waals surface area contributed by atoms with Crippen LogP contribution in [0.3, 0.4) is 0 Å². The van der Waals surface area contributed by atoms with Gasteiger partial charge >= 0.3 is 5.97 Å². The van der Waals surface area contributed by atoms with Crippen LogP contribution in [-0.2, 0) is 34.0 Å². The first-order chi connectivity index (χ1) is 28.2. The van der Waals surface area contributed by atoms with Gasteiger partial charge in [0.15, 0.2) is 0 Å². The highest BCUT2D eigenvalue weighted by Crippen LogP contribution is 2.47. The van der Waals surface area contributed by atoms with E-state index in [1.165, 1.54) is 5.56 Å². The number of fused-ring (bicyclic) bond motifs is 6. The molecule has 1 N–H and O–H groups in total. The fraction of sp³-hybridized carbons (Fsp3) is 0.271. The number of hydrogen-bond donors (Lipinski definition) is 1. The maximum Gasteiger partial charge on any atom is 0.307 e. The van der Waals surface area contributed by atoms with Crippen molar-refractivity contribution in [3.05, 3.63) is 143 Å². The summed E-state index contributed by atoms with van der Waals surface area (Å²) >= 11 is 13.1. The van der Waals surface area contributed by atoms with Gasteiger partial charge in [-0.05, 0) is 51.9 Å². The molecule has 0 fully saturated rings. The van der Waals surface area contributed by atoms with Gasteiger partial charge < -0.3 is 24.4 Å². The molecular weight excluding hydrogens is 771 g/mol. The highest BCUT2D eigenvalue weighted by molar-refractivity contribution is 6.19. The van der Waals surface area contributed by atoms with Gasteiger partial charge in [-0.1, -0.05) is 103 Å². The number of alkyl halides is 2. The van der Waals surface area contributed by atoms with E-state index in [1.807, 2.05) is 65.6 Å². The molecule has 10 heteroatoms. The van der Waals surface area contributed by atoms with E-state index in [0.717, 1.165) is 55.2 Å². The molecule has 0 spiro atoms. The molecule has 2 aliphatic heterocycles. The van der Waals surface area contributed by atoms with Crippen molar-refractivity contribution in [1.29, 1.82) is 0 Å². The molecule has 0 radical (unpaired) electrons. The van der Waals surface area contributed by atoms with E-state index in [-0.39, 0.29) is 49.5 Å². The molecule has 0 unspecified atom stereocenters. The van der Waals surface area contributed by atoms with Crippen LogP contribution in [0.15, 0.2) is 109 Å². The summed E-state index contributed by atoms with van der Waals surface area (Å²) < 4.78 is 12.8. The molecule has 0 aliphatic carbocycles. The molecule has 58 heavy (non-hydrogen) atoms. The predicted octanol–water partition coefficient (Wildman–Crippen LogP) is 10.3. The minimum absolute atomic E-state index is 0.0329. The standard InChI is InChI=1S/C48H44Cl2N2O6/c1-30-13-15-32(16-14-30)28-57-42-22-40-47(38-9-4-2-7-36(38)42)34(24-49)26-51(40)44(53)11-6-12-45(54)52-27-35(25-50)48-39-10-5-3-8-37(39)43(23-41(48)52)58-29-33-19-17-31(18-20-33)21-46(55)56/h2-5,7-10,13-20,22-23,34-35H,6,11-12,21,24-29H2,1H3,(H,55,56)/t34-,35-/m1/s1. The van der Waals surface area contributed by atoms with Crippen LogP contribution in [0, 0.1) is 6.92 Å². The Bertz CT molecular complexity index is 2500. The van der Waals surface area contributed by atoms with Crippen LogP contribution < -0.4 is 19.3 Å². The number of rotatable bonds is 14. The normalized spacial score (nSPS) is 15.8. The van der Waals surface area contributed by atoms with Crippen LogP contribution in [0.25, 0.3) is 21.5 Å². The first kappa shape index (κ1) is 39.3. The molecule has 0 bridgehead atoms. The van der Waals surface area contributed by atoms with Gasteiger partial charge in [-0.2, -0.15) is 0 Å². The second-order valence-electron chi connectivity index (χ2n) is 15.2. The summed E-state index contributed by atoms with van der Waals surface area (Å²) in [4.78, 5) is 42.8. The van der Waals surface area contributed by atoms with E-state index >= 15 is 0 Å². The number of hydrogen-bond acceptors (Lipinski definition) is 5. The Kier molecular flexibility index (Phi) is 11.6. The van der Waals surface area contributed by atoms with Crippen molar-refractivity contribution in [1.82, 2.24) is 0 Å². The molecule has 8 nitrogen and oxygen atoms in total. The summed E-state index contributed by atoms with van der Waals surface area (Å²) in [6.45, 7) is 3.64. The molecule has 0 aromatic heterocycles. The lowest BCUT2D eigenvalue weighted by Crippen LogP contribution is -2.32. The predicted molar refractivity (Wildman–Crippen MR) is 231 cm³/mol. The first-order valence-corrected chi connectivity index (χ1v) is 20.7. The van der Waals surface area contributed by atoms with Gasteiger partial charge in [-0.25, -0.2) is 0 Å². The lowest BCUT2D eigenvalue weighted by molar-refractivity contribution is -0.136. The quantitative estimate of drug-likeness (QED) is 0.110. The van der Waals surface area contributed by atoms with Crippen LogP contribution in [-0.4, -0.2) is 47.7 Å². The van der Waals surface area contributed by atoms with E-state index in [0.29, 0.717) is 54.9 Å². The fourth-order valence-corrected chi connectivity index (χ4v) is 8.89. The average molecular weight is 816 g/mol. The van der Waals surface area contributed by atoms with Crippen molar-refractivity contribution in [3.8, 4) is 11.5 Å². The number of halogens is 2. The summed E-state index contributed by atoms with van der Waals surface area (Å²) in [7, 11) is 0. The lowest BCUT2D eigenvalue weighted by Gasteiger charge is -2.21. The van der Waals surface area contributed by atoms with Crippen molar-refractivity contribution in [2.45, 2.75) is 57.7 Å². The van der Waals surface area contributed by atoms with Crippen molar-refractivity contribution in [2.75, 3.05) is 34.6 Å². The van der Waals surface area contributed by atoms with Crippen LogP contribution in [0.1, 0.15) is 64.5 Å². The van der Waals surface area contributed by atoms with Crippen LogP contribution >= 0.6 is 23.2 Å². The number of carboxylic acid groups (broad SMARTS) is 1. The average Bonchev–Trinajstić information content (AvgIpc) is 3.81. The van der Waals surface area contributed by atoms with Gasteiger partial charge in [0.2, 0.25) is 11.8 Å². The summed E-state index contributed by atoms with van der Waals surface area (Å²) in [5.41, 5.74) is 7.52. The van der Waals surface area contributed by atoms with Crippen molar-refractivity contribution in [3.63, 3.8) is 0 Å². The third-order valence-corrected chi connectivity index (χ3v) is 12.0. The minimum atomic E-state index is -0.879. The van der Waals surface area contributed by atoms with Crippen LogP contribution in [0.4, 0.5) is 11.4 Å². The van der Waals surface area contributed by atoms with Crippen molar-refractivity contribution < 1.29 is 29.0 Å². The largest absolute Gasteiger partial charge is 0.488 e. The highest BCUT2D eigenvalue weighted by atomic mass is 35.5. The van der Waals surface area contributed by atoms with Crippen molar-refractivity contribution >= 4 is 73.9 Å². The summed E-state index contributed by atoms with van der Waals surface area (Å²) in [6, 6.07) is 35.6. The zero-order chi connectivity index (χ0) is 40.3. The van der Waals surface area contributed by atoms with Gasteiger partial charge in [-0.3, -0.25) is 14.4 Å². The SMILES string of the molecule is Cc1ccc(COc2cc3c(c4ccccc24)[C@H](CCl)CN3C(=O)CCCC(=O)N2C[C@@H](CCl)c3c2cc(OCc2ccc(CC(=O)O)cc2)c2ccccc32)cc1. The molecule has 0 saturated heterocycles. The second kappa shape index (κ2) is 17.1. The smallest absolute Gasteiger partial charge is 0.307 e. The molecule has 0 saturated carbocycles. The fourth-order valence-electron chi connectivity index (χ4n) is 8.38. The Morgan fingerprint density at radius 1 is 0.621 bits per heavy atom. The van der Waals surface area contributed by atoms with Gasteiger partial charge in [0.05, 0.1) is 17.8 Å². The Morgan fingerprint density at radius 2 is 1.03 bits per heavy atom. The molecule has 2 aliphatic rings. The molecule has 8 rings (SSSR count). The number of carbonyl (C=O) groups excluding carboxylic acids is 2. The molecule has 296 valence electrons. The molecule has 2 atom stereocenters. The van der Waals surface area contributed by atoms with Crippen LogP contribution in [0.5, 0.6) is 11.5 Å². The van der Waals surface area contributed by atoms with Crippen molar-refractivity contribution in [2.24, 2.45) is 0 Å². The van der Waals surface area contributed by atoms with Gasteiger partial charge in [0.25, 0.3) is 0 Å². The van der Waals surface area contributed by atoms with Gasteiger partial charge in [-0.15, -0.1) is 23.2 Å². The number of benzene rings is 6. The van der Waals surface area contributed by atoms with E-state index in [9.17, 15) is 14.4 Å². The molecule has 6 aromatic rings. The van der Waals surface area contributed by atoms with E-state index < -0.39 is 5.97 Å². The zero-order valence-corrected chi connectivity index (χ0v) is 33.8. The number of ether oxygens (including phenoxy) is 2. The summed E-state index contributed by atoms with van der Waals surface area (Å²) in [5, 5.41) is 13.1. The Balaban J connectivity index is 0.985. The molecule has 2 amide bonds. The van der Waals surface area contributed by atoms with E-state index in [1.54, 1.807) is 17.0 Å². The van der Waals surface area contributed by atoms with E-state index in [4.69, 9.17) is 37.8 Å². The van der Waals surface area contributed by atoms with Gasteiger partial charge in [0, 0.05) is 72.4 Å². The number of amides is 2. The maximum absolute atomic E-state index is 14.0. The molecular formula is C48H44Cl2N2O6. The third-order valence-electron chi connectivity index (χ3n) is 11.3. The van der Waals surface area contributed by atoms with Crippen LogP contribution in [0.2, 0.25) is 0 Å². The summed E-state index contributed by atoms with van der Waals surface area (Å²) in [5.74, 6) is 0.975. The van der Waals surface area contributed by atoms with Gasteiger partial charge in [0.1, 0.15) is 24.7 Å². The second-order valence-corrected chi connectivity index (χ2v) is 15.8. The number of nitrogens with zero attached hydrogens (tertiary/aromatic N) is 2. The first-order valence-electron chi connectivity index (χ1n) is 19.7. The topological polar surface area (TPSA) is 96.4 Å². The Morgan fingerprint density at radius 3 is 1.47 bits per heavy atom.